The van der Waals surface area contributed by atoms with Crippen molar-refractivity contribution in [3.8, 4) is 11.8 Å². The van der Waals surface area contributed by atoms with Crippen LogP contribution in [0.1, 0.15) is 27.8 Å². The third kappa shape index (κ3) is 3.87. The average molecular weight is 409 g/mol. The van der Waals surface area contributed by atoms with Crippen molar-refractivity contribution in [1.29, 1.82) is 5.26 Å². The van der Waals surface area contributed by atoms with E-state index in [1.807, 2.05) is 38.1 Å². The monoisotopic (exact) mass is 407 g/mol. The summed E-state index contributed by atoms with van der Waals surface area (Å²) < 4.78 is 7.07. The molecule has 0 aliphatic heterocycles. The zero-order valence-corrected chi connectivity index (χ0v) is 15.1. The molecule has 108 valence electrons. The number of nitriles is 1. The second-order valence-corrected chi connectivity index (χ2v) is 6.36. The minimum absolute atomic E-state index is 0.500. The summed E-state index contributed by atoms with van der Waals surface area (Å²) >= 11 is 7.00. The van der Waals surface area contributed by atoms with Gasteiger partial charge in [-0.2, -0.15) is 5.26 Å². The van der Waals surface area contributed by atoms with Gasteiger partial charge in [-0.05, 0) is 54.8 Å². The molecule has 0 aliphatic carbocycles. The first-order valence-electron chi connectivity index (χ1n) is 6.52. The molecule has 2 aromatic rings. The Hall–Kier alpha value is -1.31. The van der Waals surface area contributed by atoms with Gasteiger partial charge in [-0.15, -0.1) is 0 Å². The SMILES string of the molecule is Cc1cc(C#N)ccc1COc1c(C)cc(Br)cc1CBr. The van der Waals surface area contributed by atoms with Crippen LogP contribution in [0.2, 0.25) is 0 Å². The Morgan fingerprint density at radius 1 is 1.10 bits per heavy atom. The molecule has 0 radical (unpaired) electrons. The Kier molecular flexibility index (Phi) is 5.44. The van der Waals surface area contributed by atoms with Crippen LogP contribution < -0.4 is 4.74 Å². The van der Waals surface area contributed by atoms with Crippen molar-refractivity contribution in [1.82, 2.24) is 0 Å². The number of halogens is 2. The lowest BCUT2D eigenvalue weighted by molar-refractivity contribution is 0.301. The van der Waals surface area contributed by atoms with E-state index in [4.69, 9.17) is 10.00 Å². The van der Waals surface area contributed by atoms with Crippen molar-refractivity contribution in [2.75, 3.05) is 0 Å². The van der Waals surface area contributed by atoms with Crippen LogP contribution in [-0.4, -0.2) is 0 Å². The van der Waals surface area contributed by atoms with Gasteiger partial charge in [-0.3, -0.25) is 0 Å². The zero-order chi connectivity index (χ0) is 15.4. The number of aryl methyl sites for hydroxylation is 2. The van der Waals surface area contributed by atoms with E-state index in [9.17, 15) is 0 Å². The van der Waals surface area contributed by atoms with Crippen LogP contribution in [0.4, 0.5) is 0 Å². The molecule has 21 heavy (non-hydrogen) atoms. The summed E-state index contributed by atoms with van der Waals surface area (Å²) in [5.41, 5.74) is 5.07. The fourth-order valence-electron chi connectivity index (χ4n) is 2.18. The van der Waals surface area contributed by atoms with Crippen LogP contribution in [0.25, 0.3) is 0 Å². The highest BCUT2D eigenvalue weighted by Crippen LogP contribution is 2.30. The molecular formula is C17H15Br2NO. The number of ether oxygens (including phenoxy) is 1. The van der Waals surface area contributed by atoms with Gasteiger partial charge in [0, 0.05) is 15.4 Å². The quantitative estimate of drug-likeness (QED) is 0.633. The van der Waals surface area contributed by atoms with Crippen molar-refractivity contribution in [3.63, 3.8) is 0 Å². The van der Waals surface area contributed by atoms with Crippen molar-refractivity contribution in [2.45, 2.75) is 25.8 Å². The van der Waals surface area contributed by atoms with Crippen LogP contribution in [0, 0.1) is 25.2 Å². The van der Waals surface area contributed by atoms with Crippen molar-refractivity contribution in [3.05, 3.63) is 62.6 Å². The van der Waals surface area contributed by atoms with E-state index in [1.54, 1.807) is 0 Å². The Balaban J connectivity index is 2.23. The van der Waals surface area contributed by atoms with Gasteiger partial charge in [-0.1, -0.05) is 37.9 Å². The molecule has 0 saturated heterocycles. The molecule has 4 heteroatoms. The molecule has 0 aromatic heterocycles. The number of benzene rings is 2. The van der Waals surface area contributed by atoms with Gasteiger partial charge in [0.15, 0.2) is 0 Å². The summed E-state index contributed by atoms with van der Waals surface area (Å²) in [7, 11) is 0. The van der Waals surface area contributed by atoms with Crippen LogP contribution >= 0.6 is 31.9 Å². The van der Waals surface area contributed by atoms with Crippen LogP contribution in [0.5, 0.6) is 5.75 Å². The maximum Gasteiger partial charge on any atom is 0.126 e. The number of rotatable bonds is 4. The molecule has 2 aromatic carbocycles. The highest BCUT2D eigenvalue weighted by molar-refractivity contribution is 9.10. The number of nitrogens with zero attached hydrogens (tertiary/aromatic N) is 1. The maximum atomic E-state index is 8.90. The number of hydrogen-bond donors (Lipinski definition) is 0. The highest BCUT2D eigenvalue weighted by Gasteiger charge is 2.09. The predicted molar refractivity (Wildman–Crippen MR) is 91.7 cm³/mol. The van der Waals surface area contributed by atoms with Crippen LogP contribution in [0.3, 0.4) is 0 Å². The second-order valence-electron chi connectivity index (χ2n) is 4.89. The Bertz CT molecular complexity index is 705. The number of hydrogen-bond acceptors (Lipinski definition) is 2. The Labute approximate surface area is 142 Å². The van der Waals surface area contributed by atoms with E-state index in [0.29, 0.717) is 12.2 Å². The summed E-state index contributed by atoms with van der Waals surface area (Å²) in [5, 5.41) is 9.65. The summed E-state index contributed by atoms with van der Waals surface area (Å²) in [6.07, 6.45) is 0. The first-order valence-corrected chi connectivity index (χ1v) is 8.44. The molecule has 0 N–H and O–H groups in total. The van der Waals surface area contributed by atoms with Crippen molar-refractivity contribution < 1.29 is 4.74 Å². The second kappa shape index (κ2) is 7.11. The van der Waals surface area contributed by atoms with Gasteiger partial charge >= 0.3 is 0 Å². The molecule has 0 saturated carbocycles. The molecule has 2 rings (SSSR count). The molecule has 0 bridgehead atoms. The molecule has 0 fully saturated rings. The molecule has 0 amide bonds. The summed E-state index contributed by atoms with van der Waals surface area (Å²) in [6.45, 7) is 4.54. The molecule has 0 atom stereocenters. The average Bonchev–Trinajstić information content (AvgIpc) is 2.46. The van der Waals surface area contributed by atoms with E-state index in [-0.39, 0.29) is 0 Å². The lowest BCUT2D eigenvalue weighted by Crippen LogP contribution is -2.02. The smallest absolute Gasteiger partial charge is 0.126 e. The molecule has 2 nitrogen and oxygen atoms in total. The molecular weight excluding hydrogens is 394 g/mol. The standard InChI is InChI=1S/C17H15Br2NO/c1-11-5-13(9-20)3-4-14(11)10-21-17-12(2)6-16(19)7-15(17)8-18/h3-7H,8,10H2,1-2H3. The van der Waals surface area contributed by atoms with Gasteiger partial charge in [0.05, 0.1) is 11.6 Å². The largest absolute Gasteiger partial charge is 0.488 e. The van der Waals surface area contributed by atoms with E-state index in [2.05, 4.69) is 44.0 Å². The van der Waals surface area contributed by atoms with E-state index >= 15 is 0 Å². The summed E-state index contributed by atoms with van der Waals surface area (Å²) in [6, 6.07) is 11.9. The molecule has 0 unspecified atom stereocenters. The number of alkyl halides is 1. The summed E-state index contributed by atoms with van der Waals surface area (Å²) in [5.74, 6) is 0.916. The lowest BCUT2D eigenvalue weighted by atomic mass is 10.1. The first-order chi connectivity index (χ1) is 10.0. The lowest BCUT2D eigenvalue weighted by Gasteiger charge is -2.15. The minimum atomic E-state index is 0.500. The minimum Gasteiger partial charge on any atom is -0.488 e. The van der Waals surface area contributed by atoms with Crippen LogP contribution in [-0.2, 0) is 11.9 Å². The van der Waals surface area contributed by atoms with Crippen LogP contribution in [0.15, 0.2) is 34.8 Å². The topological polar surface area (TPSA) is 33.0 Å². The van der Waals surface area contributed by atoms with Gasteiger partial charge < -0.3 is 4.74 Å². The van der Waals surface area contributed by atoms with Gasteiger partial charge in [0.2, 0.25) is 0 Å². The van der Waals surface area contributed by atoms with E-state index in [1.165, 1.54) is 0 Å². The van der Waals surface area contributed by atoms with E-state index < -0.39 is 0 Å². The molecule has 0 spiro atoms. The maximum absolute atomic E-state index is 8.90. The van der Waals surface area contributed by atoms with Crippen molar-refractivity contribution >= 4 is 31.9 Å². The van der Waals surface area contributed by atoms with Gasteiger partial charge in [0.25, 0.3) is 0 Å². The normalized spacial score (nSPS) is 10.2. The Morgan fingerprint density at radius 3 is 2.48 bits per heavy atom. The van der Waals surface area contributed by atoms with E-state index in [0.717, 1.165) is 37.8 Å². The Morgan fingerprint density at radius 2 is 1.86 bits per heavy atom. The summed E-state index contributed by atoms with van der Waals surface area (Å²) in [4.78, 5) is 0. The van der Waals surface area contributed by atoms with Gasteiger partial charge in [0.1, 0.15) is 12.4 Å². The van der Waals surface area contributed by atoms with Gasteiger partial charge in [-0.25, -0.2) is 0 Å². The third-order valence-corrected chi connectivity index (χ3v) is 4.37. The van der Waals surface area contributed by atoms with Crippen molar-refractivity contribution in [2.24, 2.45) is 0 Å². The molecule has 0 heterocycles. The predicted octanol–water partition coefficient (Wildman–Crippen LogP) is 5.41. The first kappa shape index (κ1) is 16.1. The fraction of sp³-hybridized carbons (Fsp3) is 0.235. The zero-order valence-electron chi connectivity index (χ0n) is 11.9. The highest BCUT2D eigenvalue weighted by atomic mass is 79.9. The molecule has 0 aliphatic rings. The fourth-order valence-corrected chi connectivity index (χ4v) is 3.22. The third-order valence-electron chi connectivity index (χ3n) is 3.30.